The molecule has 5 nitrogen and oxygen atoms in total. The van der Waals surface area contributed by atoms with E-state index in [-0.39, 0.29) is 11.9 Å². The van der Waals surface area contributed by atoms with Gasteiger partial charge in [0.1, 0.15) is 6.04 Å². The SMILES string of the molecule is C[C@H](C(=O)Nc1ncccn1)N1C[C@H](C)c2ccccc21. The minimum Gasteiger partial charge on any atom is -0.359 e. The summed E-state index contributed by atoms with van der Waals surface area (Å²) in [7, 11) is 0. The average Bonchev–Trinajstić information content (AvgIpc) is 2.85. The number of nitrogens with zero attached hydrogens (tertiary/aromatic N) is 3. The Morgan fingerprint density at radius 3 is 2.76 bits per heavy atom. The lowest BCUT2D eigenvalue weighted by Gasteiger charge is -2.26. The molecule has 0 aliphatic carbocycles. The van der Waals surface area contributed by atoms with Gasteiger partial charge in [-0.05, 0) is 24.6 Å². The molecule has 1 amide bonds. The van der Waals surface area contributed by atoms with Crippen LogP contribution in [0.4, 0.5) is 11.6 Å². The number of rotatable bonds is 3. The Kier molecular flexibility index (Phi) is 3.56. The molecule has 0 saturated carbocycles. The number of aromatic nitrogens is 2. The molecule has 2 heterocycles. The van der Waals surface area contributed by atoms with Crippen LogP contribution in [0.5, 0.6) is 0 Å². The van der Waals surface area contributed by atoms with Crippen LogP contribution in [0.3, 0.4) is 0 Å². The molecule has 0 radical (unpaired) electrons. The normalized spacial score (nSPS) is 18.2. The summed E-state index contributed by atoms with van der Waals surface area (Å²) in [5.74, 6) is 0.685. The first-order valence-electron chi connectivity index (χ1n) is 7.10. The third kappa shape index (κ3) is 2.59. The van der Waals surface area contributed by atoms with Gasteiger partial charge >= 0.3 is 0 Å². The van der Waals surface area contributed by atoms with Gasteiger partial charge in [0.2, 0.25) is 11.9 Å². The zero-order valence-electron chi connectivity index (χ0n) is 12.2. The highest BCUT2D eigenvalue weighted by Gasteiger charge is 2.31. The summed E-state index contributed by atoms with van der Waals surface area (Å²) in [5.41, 5.74) is 2.44. The van der Waals surface area contributed by atoms with Crippen LogP contribution in [0.25, 0.3) is 0 Å². The van der Waals surface area contributed by atoms with E-state index >= 15 is 0 Å². The van der Waals surface area contributed by atoms with Gasteiger partial charge in [-0.1, -0.05) is 25.1 Å². The summed E-state index contributed by atoms with van der Waals surface area (Å²) in [6, 6.07) is 9.71. The molecule has 1 N–H and O–H groups in total. The molecular formula is C16H18N4O. The highest BCUT2D eigenvalue weighted by Crippen LogP contribution is 2.36. The fraction of sp³-hybridized carbons (Fsp3) is 0.312. The number of hydrogen-bond donors (Lipinski definition) is 1. The number of hydrogen-bond acceptors (Lipinski definition) is 4. The van der Waals surface area contributed by atoms with Gasteiger partial charge in [-0.25, -0.2) is 9.97 Å². The van der Waals surface area contributed by atoms with E-state index in [1.165, 1.54) is 5.56 Å². The van der Waals surface area contributed by atoms with Gasteiger partial charge in [-0.2, -0.15) is 0 Å². The third-order valence-electron chi connectivity index (χ3n) is 3.90. The predicted octanol–water partition coefficient (Wildman–Crippen LogP) is 2.43. The summed E-state index contributed by atoms with van der Waals surface area (Å²) in [5, 5.41) is 2.76. The second kappa shape index (κ2) is 5.52. The number of para-hydroxylation sites is 1. The van der Waals surface area contributed by atoms with E-state index in [0.29, 0.717) is 11.9 Å². The van der Waals surface area contributed by atoms with Gasteiger partial charge in [0.25, 0.3) is 0 Å². The number of amides is 1. The average molecular weight is 282 g/mol. The van der Waals surface area contributed by atoms with Crippen LogP contribution in [0.1, 0.15) is 25.3 Å². The Balaban J connectivity index is 1.77. The molecule has 108 valence electrons. The largest absolute Gasteiger partial charge is 0.359 e. The van der Waals surface area contributed by atoms with E-state index in [0.717, 1.165) is 12.2 Å². The van der Waals surface area contributed by atoms with E-state index in [1.807, 2.05) is 19.1 Å². The maximum Gasteiger partial charge on any atom is 0.249 e. The van der Waals surface area contributed by atoms with Crippen molar-refractivity contribution in [3.8, 4) is 0 Å². The van der Waals surface area contributed by atoms with Crippen LogP contribution in [0, 0.1) is 0 Å². The number of fused-ring (bicyclic) bond motifs is 1. The lowest BCUT2D eigenvalue weighted by Crippen LogP contribution is -2.41. The van der Waals surface area contributed by atoms with E-state index in [4.69, 9.17) is 0 Å². The van der Waals surface area contributed by atoms with E-state index in [2.05, 4.69) is 39.2 Å². The summed E-state index contributed by atoms with van der Waals surface area (Å²) < 4.78 is 0. The number of carbonyl (C=O) groups is 1. The van der Waals surface area contributed by atoms with Crippen LogP contribution >= 0.6 is 0 Å². The third-order valence-corrected chi connectivity index (χ3v) is 3.90. The van der Waals surface area contributed by atoms with Gasteiger partial charge < -0.3 is 4.90 Å². The molecule has 1 aliphatic rings. The summed E-state index contributed by atoms with van der Waals surface area (Å²) >= 11 is 0. The van der Waals surface area contributed by atoms with Gasteiger partial charge in [-0.3, -0.25) is 10.1 Å². The van der Waals surface area contributed by atoms with Crippen molar-refractivity contribution in [3.05, 3.63) is 48.3 Å². The van der Waals surface area contributed by atoms with Crippen molar-refractivity contribution >= 4 is 17.5 Å². The Labute approximate surface area is 124 Å². The van der Waals surface area contributed by atoms with Crippen molar-refractivity contribution < 1.29 is 4.79 Å². The molecule has 1 aliphatic heterocycles. The molecule has 21 heavy (non-hydrogen) atoms. The van der Waals surface area contributed by atoms with Crippen LogP contribution < -0.4 is 10.2 Å². The predicted molar refractivity (Wildman–Crippen MR) is 82.3 cm³/mol. The first kappa shape index (κ1) is 13.5. The Morgan fingerprint density at radius 1 is 1.29 bits per heavy atom. The zero-order chi connectivity index (χ0) is 14.8. The van der Waals surface area contributed by atoms with Crippen LogP contribution in [0.2, 0.25) is 0 Å². The zero-order valence-corrected chi connectivity index (χ0v) is 12.2. The van der Waals surface area contributed by atoms with Crippen molar-refractivity contribution in [2.45, 2.75) is 25.8 Å². The Hall–Kier alpha value is -2.43. The second-order valence-electron chi connectivity index (χ2n) is 5.35. The molecular weight excluding hydrogens is 264 g/mol. The lowest BCUT2D eigenvalue weighted by atomic mass is 10.0. The Bertz CT molecular complexity index is 644. The van der Waals surface area contributed by atoms with Crippen LogP contribution in [-0.4, -0.2) is 28.5 Å². The number of nitrogens with one attached hydrogen (secondary N) is 1. The fourth-order valence-corrected chi connectivity index (χ4v) is 2.74. The maximum atomic E-state index is 12.4. The minimum atomic E-state index is -0.264. The van der Waals surface area contributed by atoms with E-state index in [9.17, 15) is 4.79 Å². The fourth-order valence-electron chi connectivity index (χ4n) is 2.74. The van der Waals surface area contributed by atoms with Crippen LogP contribution in [0.15, 0.2) is 42.7 Å². The first-order valence-corrected chi connectivity index (χ1v) is 7.10. The van der Waals surface area contributed by atoms with Crippen molar-refractivity contribution in [1.29, 1.82) is 0 Å². The molecule has 5 heteroatoms. The molecule has 2 atom stereocenters. The van der Waals surface area contributed by atoms with Crippen molar-refractivity contribution in [2.75, 3.05) is 16.8 Å². The molecule has 1 aromatic heterocycles. The van der Waals surface area contributed by atoms with E-state index in [1.54, 1.807) is 18.5 Å². The van der Waals surface area contributed by atoms with Gasteiger partial charge in [0.15, 0.2) is 0 Å². The van der Waals surface area contributed by atoms with E-state index < -0.39 is 0 Å². The van der Waals surface area contributed by atoms with Gasteiger partial charge in [0, 0.05) is 30.5 Å². The Morgan fingerprint density at radius 2 is 2.00 bits per heavy atom. The lowest BCUT2D eigenvalue weighted by molar-refractivity contribution is -0.117. The molecule has 0 bridgehead atoms. The smallest absolute Gasteiger partial charge is 0.249 e. The molecule has 3 rings (SSSR count). The molecule has 1 aromatic carbocycles. The summed E-state index contributed by atoms with van der Waals surface area (Å²) in [6.07, 6.45) is 3.22. The number of benzene rings is 1. The highest BCUT2D eigenvalue weighted by molar-refractivity contribution is 5.95. The van der Waals surface area contributed by atoms with Crippen molar-refractivity contribution in [1.82, 2.24) is 9.97 Å². The topological polar surface area (TPSA) is 58.1 Å². The van der Waals surface area contributed by atoms with Crippen LogP contribution in [-0.2, 0) is 4.79 Å². The quantitative estimate of drug-likeness (QED) is 0.939. The van der Waals surface area contributed by atoms with Crippen molar-refractivity contribution in [3.63, 3.8) is 0 Å². The number of carbonyl (C=O) groups excluding carboxylic acids is 1. The molecule has 0 spiro atoms. The minimum absolute atomic E-state index is 0.0925. The maximum absolute atomic E-state index is 12.4. The van der Waals surface area contributed by atoms with Gasteiger partial charge in [0.05, 0.1) is 0 Å². The standard InChI is InChI=1S/C16H18N4O/c1-11-10-20(14-7-4-3-6-13(11)14)12(2)15(21)19-16-17-8-5-9-18-16/h3-9,11-12H,10H2,1-2H3,(H,17,18,19,21)/t11-,12+/m0/s1. The monoisotopic (exact) mass is 282 g/mol. The first-order chi connectivity index (χ1) is 10.2. The van der Waals surface area contributed by atoms with Gasteiger partial charge in [-0.15, -0.1) is 0 Å². The molecule has 0 saturated heterocycles. The summed E-state index contributed by atoms with van der Waals surface area (Å²) in [4.78, 5) is 22.6. The van der Waals surface area contributed by atoms with Crippen molar-refractivity contribution in [2.24, 2.45) is 0 Å². The summed E-state index contributed by atoms with van der Waals surface area (Å²) in [6.45, 7) is 4.94. The second-order valence-corrected chi connectivity index (χ2v) is 5.35. The molecule has 0 unspecified atom stereocenters. The highest BCUT2D eigenvalue weighted by atomic mass is 16.2. The number of anilines is 2. The molecule has 2 aromatic rings. The molecule has 0 fully saturated rings.